The van der Waals surface area contributed by atoms with Crippen molar-refractivity contribution < 1.29 is 23.1 Å². The van der Waals surface area contributed by atoms with E-state index in [4.69, 9.17) is 18.3 Å². The van der Waals surface area contributed by atoms with E-state index in [-0.39, 0.29) is 23.0 Å². The summed E-state index contributed by atoms with van der Waals surface area (Å²) in [6.45, 7) is 3.47. The Morgan fingerprint density at radius 2 is 1.97 bits per heavy atom. The molecule has 2 aromatic heterocycles. The van der Waals surface area contributed by atoms with Crippen molar-refractivity contribution in [1.82, 2.24) is 0 Å². The van der Waals surface area contributed by atoms with Gasteiger partial charge in [0.25, 0.3) is 0 Å². The summed E-state index contributed by atoms with van der Waals surface area (Å²) in [5.74, 6) is -0.0155. The van der Waals surface area contributed by atoms with Crippen molar-refractivity contribution in [2.24, 2.45) is 0 Å². The summed E-state index contributed by atoms with van der Waals surface area (Å²) in [5.41, 5.74) is 1.00. The van der Waals surface area contributed by atoms with Gasteiger partial charge < -0.3 is 18.3 Å². The van der Waals surface area contributed by atoms with Gasteiger partial charge in [-0.2, -0.15) is 0 Å². The maximum atomic E-state index is 13.2. The van der Waals surface area contributed by atoms with Gasteiger partial charge in [0.2, 0.25) is 16.9 Å². The van der Waals surface area contributed by atoms with Gasteiger partial charge in [-0.3, -0.25) is 4.79 Å². The molecule has 0 N–H and O–H groups in total. The molecule has 1 aromatic carbocycles. The van der Waals surface area contributed by atoms with Crippen LogP contribution in [0.3, 0.4) is 0 Å². The Morgan fingerprint density at radius 1 is 1.17 bits per heavy atom. The van der Waals surface area contributed by atoms with Crippen molar-refractivity contribution in [3.63, 3.8) is 0 Å². The van der Waals surface area contributed by atoms with Gasteiger partial charge in [-0.1, -0.05) is 18.1 Å². The van der Waals surface area contributed by atoms with E-state index in [0.29, 0.717) is 16.7 Å². The number of carbonyl (C=O) groups excluding carboxylic acids is 1. The fourth-order valence-electron chi connectivity index (χ4n) is 3.64. The number of benzene rings is 1. The third kappa shape index (κ3) is 4.06. The molecule has 2 heterocycles. The van der Waals surface area contributed by atoms with Crippen molar-refractivity contribution >= 4 is 16.9 Å². The first kappa shape index (κ1) is 19.3. The molecule has 0 amide bonds. The molecular formula is C23H24O6. The quantitative estimate of drug-likeness (QED) is 0.565. The largest absolute Gasteiger partial charge is 0.471 e. The van der Waals surface area contributed by atoms with E-state index >= 15 is 0 Å². The first-order valence-electron chi connectivity index (χ1n) is 10.0. The predicted molar refractivity (Wildman–Crippen MR) is 108 cm³/mol. The highest BCUT2D eigenvalue weighted by Crippen LogP contribution is 2.32. The first-order chi connectivity index (χ1) is 14.0. The number of fused-ring (bicyclic) bond motifs is 1. The Balaban J connectivity index is 1.67. The lowest BCUT2D eigenvalue weighted by atomic mass is 9.98. The third-order valence-electron chi connectivity index (χ3n) is 5.21. The van der Waals surface area contributed by atoms with Crippen LogP contribution in [0.1, 0.15) is 44.6 Å². The van der Waals surface area contributed by atoms with Crippen LogP contribution in [0.15, 0.2) is 50.2 Å². The van der Waals surface area contributed by atoms with Crippen LogP contribution in [0.25, 0.3) is 22.5 Å². The Hall–Kier alpha value is -3.02. The maximum Gasteiger partial charge on any atom is 0.347 e. The average Bonchev–Trinajstić information content (AvgIpc) is 3.25. The Morgan fingerprint density at radius 3 is 2.69 bits per heavy atom. The summed E-state index contributed by atoms with van der Waals surface area (Å²) in [7, 11) is 0. The minimum Gasteiger partial charge on any atom is -0.471 e. The van der Waals surface area contributed by atoms with Crippen molar-refractivity contribution in [2.75, 3.05) is 0 Å². The Kier molecular flexibility index (Phi) is 5.43. The minimum absolute atomic E-state index is 0.0499. The van der Waals surface area contributed by atoms with Gasteiger partial charge >= 0.3 is 5.97 Å². The molecule has 152 valence electrons. The molecule has 1 fully saturated rings. The molecule has 3 aromatic rings. The fraction of sp³-hybridized carbons (Fsp3) is 0.391. The van der Waals surface area contributed by atoms with Crippen LogP contribution in [-0.2, 0) is 9.53 Å². The topological polar surface area (TPSA) is 78.9 Å². The van der Waals surface area contributed by atoms with Crippen molar-refractivity contribution in [3.05, 3.63) is 52.4 Å². The van der Waals surface area contributed by atoms with E-state index in [0.717, 1.165) is 31.2 Å². The lowest BCUT2D eigenvalue weighted by Gasteiger charge is -2.23. The fourth-order valence-corrected chi connectivity index (χ4v) is 3.64. The van der Waals surface area contributed by atoms with E-state index in [2.05, 4.69) is 0 Å². The zero-order valence-electron chi connectivity index (χ0n) is 16.6. The van der Waals surface area contributed by atoms with Gasteiger partial charge in [0.15, 0.2) is 11.9 Å². The van der Waals surface area contributed by atoms with Gasteiger partial charge in [0.05, 0.1) is 11.6 Å². The molecule has 0 saturated heterocycles. The van der Waals surface area contributed by atoms with Gasteiger partial charge in [-0.25, -0.2) is 4.79 Å². The molecule has 6 heteroatoms. The SMILES string of the molecule is Cc1ccc2oc(-c3ccco3)c(O[C@H](C)C(=O)OC3CCCCC3)c(=O)c2c1. The van der Waals surface area contributed by atoms with E-state index in [1.807, 2.05) is 13.0 Å². The minimum atomic E-state index is -0.948. The third-order valence-corrected chi connectivity index (χ3v) is 5.21. The number of aryl methyl sites for hydroxylation is 1. The maximum absolute atomic E-state index is 13.2. The van der Waals surface area contributed by atoms with Crippen molar-refractivity contribution in [1.29, 1.82) is 0 Å². The summed E-state index contributed by atoms with van der Waals surface area (Å²) >= 11 is 0. The van der Waals surface area contributed by atoms with Crippen LogP contribution in [-0.4, -0.2) is 18.2 Å². The van der Waals surface area contributed by atoms with Crippen molar-refractivity contribution in [3.8, 4) is 17.3 Å². The molecule has 1 saturated carbocycles. The Bertz CT molecular complexity index is 1060. The first-order valence-corrected chi connectivity index (χ1v) is 10.0. The smallest absolute Gasteiger partial charge is 0.347 e. The number of hydrogen-bond donors (Lipinski definition) is 0. The molecular weight excluding hydrogens is 372 g/mol. The second kappa shape index (κ2) is 8.15. The molecule has 1 atom stereocenters. The molecule has 1 aliphatic rings. The van der Waals surface area contributed by atoms with Gasteiger partial charge in [0.1, 0.15) is 11.7 Å². The van der Waals surface area contributed by atoms with Crippen LogP contribution in [0.4, 0.5) is 0 Å². The van der Waals surface area contributed by atoms with E-state index in [1.165, 1.54) is 12.7 Å². The summed E-state index contributed by atoms with van der Waals surface area (Å²) in [5, 5.41) is 0.392. The van der Waals surface area contributed by atoms with Crippen LogP contribution >= 0.6 is 0 Å². The van der Waals surface area contributed by atoms with Gasteiger partial charge in [-0.05, 0) is 63.8 Å². The molecule has 29 heavy (non-hydrogen) atoms. The highest BCUT2D eigenvalue weighted by Gasteiger charge is 2.27. The molecule has 1 aliphatic carbocycles. The summed E-state index contributed by atoms with van der Waals surface area (Å²) in [6, 6.07) is 8.71. The number of ether oxygens (including phenoxy) is 2. The molecule has 0 unspecified atom stereocenters. The standard InChI is InChI=1S/C23H24O6/c1-14-10-11-18-17(13-14)20(24)22(21(29-18)19-9-6-12-26-19)27-15(2)23(25)28-16-7-4-3-5-8-16/h6,9-13,15-16H,3-5,7-8H2,1-2H3/t15-/m1/s1. The number of hydrogen-bond acceptors (Lipinski definition) is 6. The van der Waals surface area contributed by atoms with E-state index in [1.54, 1.807) is 31.2 Å². The number of furan rings is 1. The Labute approximate surface area is 168 Å². The predicted octanol–water partition coefficient (Wildman–Crippen LogP) is 5.00. The van der Waals surface area contributed by atoms with Gasteiger partial charge in [-0.15, -0.1) is 0 Å². The summed E-state index contributed by atoms with van der Waals surface area (Å²) < 4.78 is 22.7. The van der Waals surface area contributed by atoms with Gasteiger partial charge in [0, 0.05) is 0 Å². The normalized spacial score (nSPS) is 15.9. The second-order valence-electron chi connectivity index (χ2n) is 7.52. The highest BCUT2D eigenvalue weighted by molar-refractivity contribution is 5.82. The lowest BCUT2D eigenvalue weighted by molar-refractivity contribution is -0.158. The number of rotatable bonds is 5. The van der Waals surface area contributed by atoms with Crippen LogP contribution < -0.4 is 10.2 Å². The average molecular weight is 396 g/mol. The molecule has 0 radical (unpaired) electrons. The molecule has 6 nitrogen and oxygen atoms in total. The monoisotopic (exact) mass is 396 g/mol. The van der Waals surface area contributed by atoms with Crippen molar-refractivity contribution in [2.45, 2.75) is 58.2 Å². The lowest BCUT2D eigenvalue weighted by Crippen LogP contribution is -2.32. The van der Waals surface area contributed by atoms with E-state index in [9.17, 15) is 9.59 Å². The summed E-state index contributed by atoms with van der Waals surface area (Å²) in [6.07, 6.45) is 5.48. The zero-order valence-corrected chi connectivity index (χ0v) is 16.6. The zero-order chi connectivity index (χ0) is 20.4. The van der Waals surface area contributed by atoms with Crippen LogP contribution in [0.2, 0.25) is 0 Å². The highest BCUT2D eigenvalue weighted by atomic mass is 16.6. The molecule has 4 rings (SSSR count). The number of carbonyl (C=O) groups is 1. The molecule has 0 aliphatic heterocycles. The summed E-state index contributed by atoms with van der Waals surface area (Å²) in [4.78, 5) is 25.7. The van der Waals surface area contributed by atoms with E-state index < -0.39 is 12.1 Å². The second-order valence-corrected chi connectivity index (χ2v) is 7.52. The number of esters is 1. The molecule has 0 spiro atoms. The van der Waals surface area contributed by atoms with Crippen LogP contribution in [0.5, 0.6) is 5.75 Å². The van der Waals surface area contributed by atoms with Crippen LogP contribution in [0, 0.1) is 6.92 Å². The molecule has 0 bridgehead atoms.